The number of pyridine rings is 1. The minimum absolute atomic E-state index is 0.0247. The van der Waals surface area contributed by atoms with Gasteiger partial charge in [-0.1, -0.05) is 31.0 Å². The maximum absolute atomic E-state index is 13.6. The molecule has 3 heterocycles. The largest absolute Gasteiger partial charge is 0.490 e. The van der Waals surface area contributed by atoms with E-state index in [1.54, 1.807) is 0 Å². The second-order valence-corrected chi connectivity index (χ2v) is 12.0. The highest BCUT2D eigenvalue weighted by molar-refractivity contribution is 5.79. The molecule has 2 aliphatic carbocycles. The molecule has 2 aliphatic heterocycles. The molecule has 4 aliphatic rings. The van der Waals surface area contributed by atoms with Gasteiger partial charge in [-0.15, -0.1) is 0 Å². The Kier molecular flexibility index (Phi) is 7.95. The van der Waals surface area contributed by atoms with Crippen LogP contribution in [0.1, 0.15) is 81.1 Å². The number of hydrogen-bond donors (Lipinski definition) is 3. The van der Waals surface area contributed by atoms with Gasteiger partial charge >= 0.3 is 0 Å². The van der Waals surface area contributed by atoms with Gasteiger partial charge in [0.2, 0.25) is 5.91 Å². The molecule has 3 N–H and O–H groups in total. The average Bonchev–Trinajstić information content (AvgIpc) is 3.64. The summed E-state index contributed by atoms with van der Waals surface area (Å²) >= 11 is 0. The Morgan fingerprint density at radius 2 is 1.79 bits per heavy atom. The molecule has 7 nitrogen and oxygen atoms in total. The number of carbonyl (C=O) groups is 1. The van der Waals surface area contributed by atoms with Gasteiger partial charge in [-0.3, -0.25) is 15.2 Å². The summed E-state index contributed by atoms with van der Waals surface area (Å²) in [5.41, 5.74) is 9.36. The second-order valence-electron chi connectivity index (χ2n) is 12.0. The van der Waals surface area contributed by atoms with E-state index in [4.69, 9.17) is 4.74 Å². The highest BCUT2D eigenvalue weighted by atomic mass is 16.5. The average molecular weight is 518 g/mol. The number of hydrogen-bond acceptors (Lipinski definition) is 6. The Morgan fingerprint density at radius 3 is 2.53 bits per heavy atom. The van der Waals surface area contributed by atoms with Crippen molar-refractivity contribution in [2.24, 2.45) is 17.8 Å². The van der Waals surface area contributed by atoms with Crippen LogP contribution in [0, 0.1) is 17.8 Å². The number of carbonyl (C=O) groups excluding carboxylic acids is 1. The quantitative estimate of drug-likeness (QED) is 0.501. The highest BCUT2D eigenvalue weighted by Crippen LogP contribution is 2.42. The number of likely N-dealkylation sites (tertiary alicyclic amines) is 1. The Hall–Kier alpha value is -2.48. The molecule has 7 heteroatoms. The van der Waals surface area contributed by atoms with E-state index < -0.39 is 0 Å². The van der Waals surface area contributed by atoms with E-state index in [2.05, 4.69) is 63.4 Å². The van der Waals surface area contributed by atoms with Crippen LogP contribution in [0.15, 0.2) is 48.7 Å². The first-order valence-electron chi connectivity index (χ1n) is 14.8. The Labute approximate surface area is 227 Å². The van der Waals surface area contributed by atoms with E-state index in [9.17, 15) is 4.79 Å². The van der Waals surface area contributed by atoms with Crippen LogP contribution in [0.5, 0.6) is 5.75 Å². The number of benzene rings is 1. The molecule has 1 aromatic heterocycles. The van der Waals surface area contributed by atoms with Crippen molar-refractivity contribution in [2.45, 2.75) is 82.0 Å². The summed E-state index contributed by atoms with van der Waals surface area (Å²) in [6.07, 6.45) is 12.0. The van der Waals surface area contributed by atoms with Gasteiger partial charge in [0.15, 0.2) is 0 Å². The summed E-state index contributed by atoms with van der Waals surface area (Å²) < 4.78 is 6.27. The Balaban J connectivity index is 1.09. The normalized spacial score (nSPS) is 29.6. The fourth-order valence-electron chi connectivity index (χ4n) is 7.23. The minimum atomic E-state index is 0.0247. The summed E-state index contributed by atoms with van der Waals surface area (Å²) in [6, 6.07) is 15.3. The first kappa shape index (κ1) is 25.8. The Morgan fingerprint density at radius 1 is 1.00 bits per heavy atom. The van der Waals surface area contributed by atoms with Crippen molar-refractivity contribution in [3.8, 4) is 5.75 Å². The van der Waals surface area contributed by atoms with Gasteiger partial charge in [-0.25, -0.2) is 5.43 Å². The lowest BCUT2D eigenvalue weighted by Crippen LogP contribution is -2.42. The van der Waals surface area contributed by atoms with E-state index >= 15 is 0 Å². The van der Waals surface area contributed by atoms with Crippen LogP contribution in [0.2, 0.25) is 0 Å². The lowest BCUT2D eigenvalue weighted by Gasteiger charge is -2.34. The number of ether oxygens (including phenoxy) is 1. The monoisotopic (exact) mass is 517 g/mol. The van der Waals surface area contributed by atoms with Gasteiger partial charge in [0.25, 0.3) is 0 Å². The summed E-state index contributed by atoms with van der Waals surface area (Å²) in [7, 11) is 2.18. The number of amides is 1. The number of piperidine rings is 1. The zero-order valence-electron chi connectivity index (χ0n) is 22.6. The van der Waals surface area contributed by atoms with Gasteiger partial charge in [0.05, 0.1) is 17.8 Å². The van der Waals surface area contributed by atoms with Crippen LogP contribution in [-0.2, 0) is 4.79 Å². The highest BCUT2D eigenvalue weighted by Gasteiger charge is 2.43. The van der Waals surface area contributed by atoms with Crippen molar-refractivity contribution >= 4 is 5.91 Å². The fraction of sp³-hybridized carbons (Fsp3) is 0.613. The molecule has 1 amide bonds. The molecule has 4 fully saturated rings. The van der Waals surface area contributed by atoms with Gasteiger partial charge in [-0.2, -0.15) is 0 Å². The van der Waals surface area contributed by atoms with Gasteiger partial charge in [0, 0.05) is 31.2 Å². The second kappa shape index (κ2) is 11.7. The number of hydrazine groups is 1. The smallest absolute Gasteiger partial charge is 0.223 e. The third kappa shape index (κ3) is 5.75. The molecule has 5 atom stereocenters. The molecule has 2 aromatic rings. The maximum atomic E-state index is 13.6. The molecule has 0 radical (unpaired) electrons. The SMILES string of the molecule is CN1CCC(Oc2ccc(C3NNC4CCC(C(=O)NC(c5ccccn5)C5CCCC5)CC43)cc2)CC1. The van der Waals surface area contributed by atoms with Crippen LogP contribution in [0.25, 0.3) is 0 Å². The maximum Gasteiger partial charge on any atom is 0.223 e. The lowest BCUT2D eigenvalue weighted by atomic mass is 9.74. The van der Waals surface area contributed by atoms with Crippen LogP contribution >= 0.6 is 0 Å². The number of aromatic nitrogens is 1. The zero-order valence-corrected chi connectivity index (χ0v) is 22.6. The van der Waals surface area contributed by atoms with Crippen LogP contribution in [0.4, 0.5) is 0 Å². The molecule has 204 valence electrons. The van der Waals surface area contributed by atoms with Crippen molar-refractivity contribution in [1.29, 1.82) is 0 Å². The molecular weight excluding hydrogens is 474 g/mol. The molecule has 5 unspecified atom stereocenters. The van der Waals surface area contributed by atoms with Crippen molar-refractivity contribution in [2.75, 3.05) is 20.1 Å². The first-order chi connectivity index (χ1) is 18.6. The molecule has 2 saturated carbocycles. The van der Waals surface area contributed by atoms with Crippen molar-refractivity contribution in [3.63, 3.8) is 0 Å². The first-order valence-corrected chi connectivity index (χ1v) is 14.8. The number of nitrogens with one attached hydrogen (secondary N) is 3. The fourth-order valence-corrected chi connectivity index (χ4v) is 7.23. The van der Waals surface area contributed by atoms with Crippen molar-refractivity contribution in [3.05, 3.63) is 59.9 Å². The molecular formula is C31H43N5O2. The van der Waals surface area contributed by atoms with E-state index in [1.807, 2.05) is 18.3 Å². The van der Waals surface area contributed by atoms with Crippen LogP contribution in [-0.4, -0.2) is 48.1 Å². The topological polar surface area (TPSA) is 78.5 Å². The predicted octanol–water partition coefficient (Wildman–Crippen LogP) is 4.54. The van der Waals surface area contributed by atoms with E-state index in [1.165, 1.54) is 31.2 Å². The standard InChI is InChI=1S/C31H43N5O2/c1-36-18-15-25(16-19-36)38-24-12-9-22(10-13-24)29-26-20-23(11-14-27(26)34-35-29)31(37)33-30(21-6-2-3-7-21)28-8-4-5-17-32-28/h4-5,8-10,12-13,17,21,23,25-27,29-30,34-35H,2-3,6-7,11,14-16,18-20H2,1H3,(H,33,37). The molecule has 1 aromatic carbocycles. The third-order valence-electron chi connectivity index (χ3n) is 9.51. The van der Waals surface area contributed by atoms with E-state index in [0.717, 1.165) is 56.6 Å². The molecule has 2 saturated heterocycles. The number of rotatable bonds is 7. The number of fused-ring (bicyclic) bond motifs is 1. The summed E-state index contributed by atoms with van der Waals surface area (Å²) in [6.45, 7) is 2.20. The van der Waals surface area contributed by atoms with E-state index in [0.29, 0.717) is 24.0 Å². The van der Waals surface area contributed by atoms with E-state index in [-0.39, 0.29) is 23.9 Å². The van der Waals surface area contributed by atoms with Crippen LogP contribution in [0.3, 0.4) is 0 Å². The van der Waals surface area contributed by atoms with Gasteiger partial charge < -0.3 is 15.0 Å². The third-order valence-corrected chi connectivity index (χ3v) is 9.51. The number of nitrogens with zero attached hydrogens (tertiary/aromatic N) is 2. The molecule has 6 rings (SSSR count). The lowest BCUT2D eigenvalue weighted by molar-refractivity contribution is -0.127. The Bertz CT molecular complexity index is 1050. The summed E-state index contributed by atoms with van der Waals surface area (Å²) in [4.78, 5) is 20.6. The van der Waals surface area contributed by atoms with Crippen molar-refractivity contribution in [1.82, 2.24) is 26.1 Å². The molecule has 0 spiro atoms. The summed E-state index contributed by atoms with van der Waals surface area (Å²) in [5.74, 6) is 2.08. The summed E-state index contributed by atoms with van der Waals surface area (Å²) in [5, 5.41) is 3.47. The minimum Gasteiger partial charge on any atom is -0.490 e. The molecule has 0 bridgehead atoms. The van der Waals surface area contributed by atoms with Gasteiger partial charge in [0.1, 0.15) is 11.9 Å². The zero-order chi connectivity index (χ0) is 25.9. The molecule has 38 heavy (non-hydrogen) atoms. The van der Waals surface area contributed by atoms with Gasteiger partial charge in [-0.05, 0) is 93.7 Å². The van der Waals surface area contributed by atoms with Crippen LogP contribution < -0.4 is 20.9 Å². The van der Waals surface area contributed by atoms with Crippen molar-refractivity contribution < 1.29 is 9.53 Å². The predicted molar refractivity (Wildman–Crippen MR) is 148 cm³/mol.